The molecule has 0 aromatic carbocycles. The quantitative estimate of drug-likeness (QED) is 0.518. The third kappa shape index (κ3) is 5.25. The monoisotopic (exact) mass is 228 g/mol. The Morgan fingerprint density at radius 1 is 1.25 bits per heavy atom. The summed E-state index contributed by atoms with van der Waals surface area (Å²) in [6.07, 6.45) is 5.43. The van der Waals surface area contributed by atoms with Gasteiger partial charge < -0.3 is 22.1 Å². The molecule has 0 radical (unpaired) electrons. The highest BCUT2D eigenvalue weighted by molar-refractivity contribution is 4.89. The first-order valence-electron chi connectivity index (χ1n) is 6.46. The van der Waals surface area contributed by atoms with E-state index in [4.69, 9.17) is 11.5 Å². The number of likely N-dealkylation sites (N-methyl/N-ethyl adjacent to an activating group) is 1. The maximum Gasteiger partial charge on any atom is 0.0141 e. The van der Waals surface area contributed by atoms with E-state index in [2.05, 4.69) is 17.6 Å². The van der Waals surface area contributed by atoms with Crippen molar-refractivity contribution in [3.8, 4) is 0 Å². The summed E-state index contributed by atoms with van der Waals surface area (Å²) < 4.78 is 0. The number of rotatable bonds is 4. The molecule has 0 spiro atoms. The van der Waals surface area contributed by atoms with Gasteiger partial charge in [-0.25, -0.2) is 0 Å². The van der Waals surface area contributed by atoms with E-state index in [1.807, 2.05) is 7.05 Å². The Hall–Kier alpha value is -0.160. The minimum absolute atomic E-state index is 0.0602. The van der Waals surface area contributed by atoms with E-state index in [0.717, 1.165) is 45.2 Å². The van der Waals surface area contributed by atoms with Crippen LogP contribution in [0.1, 0.15) is 39.0 Å². The minimum Gasteiger partial charge on any atom is -0.328 e. The van der Waals surface area contributed by atoms with Crippen molar-refractivity contribution in [3.63, 3.8) is 0 Å². The summed E-state index contributed by atoms with van der Waals surface area (Å²) in [5.74, 6) is 0. The van der Waals surface area contributed by atoms with Crippen LogP contribution in [0.2, 0.25) is 0 Å². The van der Waals surface area contributed by atoms with Gasteiger partial charge in [-0.3, -0.25) is 0 Å². The fourth-order valence-corrected chi connectivity index (χ4v) is 2.42. The molecule has 6 N–H and O–H groups in total. The van der Waals surface area contributed by atoms with Gasteiger partial charge in [-0.15, -0.1) is 0 Å². The van der Waals surface area contributed by atoms with Crippen LogP contribution in [0.25, 0.3) is 0 Å². The molecule has 0 aromatic rings. The number of hydrogen-bond donors (Lipinski definition) is 4. The second kappa shape index (κ2) is 6.55. The molecular weight excluding hydrogens is 200 g/mol. The van der Waals surface area contributed by atoms with Gasteiger partial charge in [0.25, 0.3) is 0 Å². The SMILES string of the molecule is CNCCNC1CCC(N)CCC(C)(N)C1. The summed E-state index contributed by atoms with van der Waals surface area (Å²) >= 11 is 0. The lowest BCUT2D eigenvalue weighted by Gasteiger charge is -2.34. The van der Waals surface area contributed by atoms with Crippen LogP contribution in [-0.4, -0.2) is 37.8 Å². The molecule has 4 heteroatoms. The zero-order valence-corrected chi connectivity index (χ0v) is 10.8. The van der Waals surface area contributed by atoms with Crippen LogP contribution in [0.5, 0.6) is 0 Å². The first-order chi connectivity index (χ1) is 7.53. The average Bonchev–Trinajstić information content (AvgIpc) is 2.21. The molecule has 96 valence electrons. The van der Waals surface area contributed by atoms with E-state index < -0.39 is 0 Å². The van der Waals surface area contributed by atoms with Crippen LogP contribution < -0.4 is 22.1 Å². The van der Waals surface area contributed by atoms with E-state index in [9.17, 15) is 0 Å². The highest BCUT2D eigenvalue weighted by Gasteiger charge is 2.27. The third-order valence-electron chi connectivity index (χ3n) is 3.49. The molecule has 0 aromatic heterocycles. The summed E-state index contributed by atoms with van der Waals surface area (Å²) in [7, 11) is 1.97. The predicted molar refractivity (Wildman–Crippen MR) is 69.4 cm³/mol. The van der Waals surface area contributed by atoms with E-state index >= 15 is 0 Å². The highest BCUT2D eigenvalue weighted by atomic mass is 15.0. The standard InChI is InChI=1S/C12H28N4/c1-12(14)6-5-10(13)3-4-11(9-12)16-8-7-15-2/h10-11,15-16H,3-9,13-14H2,1-2H3. The lowest BCUT2D eigenvalue weighted by atomic mass is 9.82. The molecule has 1 fully saturated rings. The molecule has 1 aliphatic carbocycles. The minimum atomic E-state index is -0.0602. The van der Waals surface area contributed by atoms with Gasteiger partial charge in [0.1, 0.15) is 0 Å². The van der Waals surface area contributed by atoms with Gasteiger partial charge in [-0.1, -0.05) is 0 Å². The van der Waals surface area contributed by atoms with Gasteiger partial charge >= 0.3 is 0 Å². The maximum atomic E-state index is 6.29. The van der Waals surface area contributed by atoms with Crippen LogP contribution in [0.3, 0.4) is 0 Å². The molecule has 3 unspecified atom stereocenters. The topological polar surface area (TPSA) is 76.1 Å². The van der Waals surface area contributed by atoms with Crippen molar-refractivity contribution in [2.45, 2.75) is 56.7 Å². The Morgan fingerprint density at radius 2 is 2.00 bits per heavy atom. The molecule has 0 bridgehead atoms. The van der Waals surface area contributed by atoms with Gasteiger partial charge in [-0.2, -0.15) is 0 Å². The predicted octanol–water partition coefficient (Wildman–Crippen LogP) is 0.173. The highest BCUT2D eigenvalue weighted by Crippen LogP contribution is 2.23. The van der Waals surface area contributed by atoms with Crippen LogP contribution in [0.4, 0.5) is 0 Å². The van der Waals surface area contributed by atoms with Crippen LogP contribution in [-0.2, 0) is 0 Å². The molecular formula is C12H28N4. The van der Waals surface area contributed by atoms with Crippen LogP contribution in [0.15, 0.2) is 0 Å². The summed E-state index contributed by atoms with van der Waals surface area (Å²) in [6, 6.07) is 0.853. The van der Waals surface area contributed by atoms with E-state index in [0.29, 0.717) is 12.1 Å². The second-order valence-corrected chi connectivity index (χ2v) is 5.49. The Labute approximate surface area is 99.5 Å². The lowest BCUT2D eigenvalue weighted by Crippen LogP contribution is -2.48. The zero-order chi connectivity index (χ0) is 12.0. The molecule has 3 atom stereocenters. The molecule has 1 saturated carbocycles. The van der Waals surface area contributed by atoms with Gasteiger partial charge in [0.05, 0.1) is 0 Å². The molecule has 1 aliphatic rings. The van der Waals surface area contributed by atoms with Crippen molar-refractivity contribution in [1.82, 2.24) is 10.6 Å². The first-order valence-corrected chi connectivity index (χ1v) is 6.46. The van der Waals surface area contributed by atoms with Crippen molar-refractivity contribution in [2.24, 2.45) is 11.5 Å². The Bertz CT molecular complexity index is 193. The summed E-state index contributed by atoms with van der Waals surface area (Å²) in [5, 5.41) is 6.71. The van der Waals surface area contributed by atoms with E-state index in [1.165, 1.54) is 0 Å². The fraction of sp³-hybridized carbons (Fsp3) is 1.00. The van der Waals surface area contributed by atoms with Crippen molar-refractivity contribution < 1.29 is 0 Å². The molecule has 4 nitrogen and oxygen atoms in total. The van der Waals surface area contributed by atoms with Crippen LogP contribution >= 0.6 is 0 Å². The Kier molecular flexibility index (Phi) is 5.69. The average molecular weight is 228 g/mol. The molecule has 16 heavy (non-hydrogen) atoms. The number of nitrogens with one attached hydrogen (secondary N) is 2. The first kappa shape index (κ1) is 13.9. The molecule has 1 rings (SSSR count). The third-order valence-corrected chi connectivity index (χ3v) is 3.49. The van der Waals surface area contributed by atoms with Gasteiger partial charge in [0, 0.05) is 30.7 Å². The lowest BCUT2D eigenvalue weighted by molar-refractivity contribution is 0.274. The van der Waals surface area contributed by atoms with Crippen molar-refractivity contribution in [3.05, 3.63) is 0 Å². The van der Waals surface area contributed by atoms with Gasteiger partial charge in [-0.05, 0) is 46.1 Å². The smallest absolute Gasteiger partial charge is 0.0141 e. The van der Waals surface area contributed by atoms with E-state index in [1.54, 1.807) is 0 Å². The van der Waals surface area contributed by atoms with Crippen molar-refractivity contribution in [2.75, 3.05) is 20.1 Å². The summed E-state index contributed by atoms with van der Waals surface area (Å²) in [4.78, 5) is 0. The van der Waals surface area contributed by atoms with E-state index in [-0.39, 0.29) is 5.54 Å². The summed E-state index contributed by atoms with van der Waals surface area (Å²) in [6.45, 7) is 4.16. The normalized spacial score (nSPS) is 36.8. The van der Waals surface area contributed by atoms with Gasteiger partial charge in [0.2, 0.25) is 0 Å². The Morgan fingerprint density at radius 3 is 2.69 bits per heavy atom. The number of hydrogen-bond acceptors (Lipinski definition) is 4. The summed E-state index contributed by atoms with van der Waals surface area (Å²) in [5.41, 5.74) is 12.3. The Balaban J connectivity index is 2.41. The number of nitrogens with two attached hydrogens (primary N) is 2. The van der Waals surface area contributed by atoms with Crippen molar-refractivity contribution >= 4 is 0 Å². The van der Waals surface area contributed by atoms with Crippen molar-refractivity contribution in [1.29, 1.82) is 0 Å². The second-order valence-electron chi connectivity index (χ2n) is 5.49. The molecule has 0 heterocycles. The van der Waals surface area contributed by atoms with Gasteiger partial charge in [0.15, 0.2) is 0 Å². The maximum absolute atomic E-state index is 6.29. The largest absolute Gasteiger partial charge is 0.328 e. The molecule has 0 amide bonds. The zero-order valence-electron chi connectivity index (χ0n) is 10.8. The molecule has 0 saturated heterocycles. The van der Waals surface area contributed by atoms with Crippen LogP contribution in [0, 0.1) is 0 Å². The fourth-order valence-electron chi connectivity index (χ4n) is 2.42. The molecule has 0 aliphatic heterocycles.